The number of nitrogens with zero attached hydrogens (tertiary/aromatic N) is 3. The van der Waals surface area contributed by atoms with Crippen LogP contribution in [0.1, 0.15) is 55.2 Å². The van der Waals surface area contributed by atoms with Gasteiger partial charge in [0.15, 0.2) is 5.11 Å². The number of anilines is 1. The van der Waals surface area contributed by atoms with Crippen LogP contribution in [-0.2, 0) is 0 Å². The van der Waals surface area contributed by atoms with Crippen molar-refractivity contribution >= 4 is 23.0 Å². The standard InChI is InChI=1S/C25H28N4O2S/c1-30-18-12-13-22(31-2)21(16-18)29-24(20-11-7-15-28(20)17-8-3-4-9-17)23(27-25(29)32)19-10-5-6-14-26-19/h5-7,10-17,23-24H,3-4,8-9H2,1-2H3,(H,27,32). The number of ether oxygens (including phenoxy) is 2. The van der Waals surface area contributed by atoms with Crippen molar-refractivity contribution in [2.45, 2.75) is 43.8 Å². The zero-order valence-corrected chi connectivity index (χ0v) is 19.2. The first-order valence-corrected chi connectivity index (χ1v) is 11.5. The van der Waals surface area contributed by atoms with Gasteiger partial charge in [0, 0.05) is 30.2 Å². The van der Waals surface area contributed by atoms with Gasteiger partial charge in [-0.3, -0.25) is 4.98 Å². The normalized spacial score (nSPS) is 21.1. The lowest BCUT2D eigenvalue weighted by molar-refractivity contribution is 0.402. The van der Waals surface area contributed by atoms with Gasteiger partial charge in [-0.2, -0.15) is 0 Å². The zero-order valence-electron chi connectivity index (χ0n) is 18.4. The molecule has 2 unspecified atom stereocenters. The van der Waals surface area contributed by atoms with E-state index in [1.165, 1.54) is 31.4 Å². The third kappa shape index (κ3) is 3.60. The van der Waals surface area contributed by atoms with Crippen LogP contribution in [0.25, 0.3) is 0 Å². The highest BCUT2D eigenvalue weighted by atomic mass is 32.1. The van der Waals surface area contributed by atoms with E-state index in [2.05, 4.69) is 44.2 Å². The maximum absolute atomic E-state index is 5.90. The molecule has 0 bridgehead atoms. The van der Waals surface area contributed by atoms with E-state index in [-0.39, 0.29) is 12.1 Å². The molecule has 3 heterocycles. The summed E-state index contributed by atoms with van der Waals surface area (Å²) < 4.78 is 13.7. The van der Waals surface area contributed by atoms with Gasteiger partial charge in [-0.25, -0.2) is 0 Å². The summed E-state index contributed by atoms with van der Waals surface area (Å²) in [4.78, 5) is 6.84. The second-order valence-corrected chi connectivity index (χ2v) is 8.70. The molecule has 32 heavy (non-hydrogen) atoms. The Kier molecular flexibility index (Phi) is 5.74. The van der Waals surface area contributed by atoms with Gasteiger partial charge in [-0.1, -0.05) is 18.9 Å². The van der Waals surface area contributed by atoms with E-state index in [9.17, 15) is 0 Å². The van der Waals surface area contributed by atoms with Crippen molar-refractivity contribution in [3.05, 3.63) is 72.3 Å². The molecule has 1 aliphatic heterocycles. The van der Waals surface area contributed by atoms with Crippen LogP contribution in [0.15, 0.2) is 60.9 Å². The lowest BCUT2D eigenvalue weighted by Gasteiger charge is -2.31. The molecule has 1 aliphatic carbocycles. The van der Waals surface area contributed by atoms with Crippen LogP contribution in [0.4, 0.5) is 5.69 Å². The highest BCUT2D eigenvalue weighted by Gasteiger charge is 2.43. The van der Waals surface area contributed by atoms with Crippen LogP contribution in [0.3, 0.4) is 0 Å². The van der Waals surface area contributed by atoms with Crippen molar-refractivity contribution in [3.8, 4) is 11.5 Å². The molecule has 2 aliphatic rings. The van der Waals surface area contributed by atoms with Gasteiger partial charge in [0.05, 0.1) is 31.6 Å². The minimum absolute atomic E-state index is 0.0750. The number of rotatable bonds is 6. The maximum Gasteiger partial charge on any atom is 0.174 e. The van der Waals surface area contributed by atoms with E-state index < -0.39 is 0 Å². The van der Waals surface area contributed by atoms with Gasteiger partial charge in [0.2, 0.25) is 0 Å². The molecule has 0 amide bonds. The molecule has 1 N–H and O–H groups in total. The Labute approximate surface area is 194 Å². The largest absolute Gasteiger partial charge is 0.497 e. The zero-order chi connectivity index (χ0) is 22.1. The van der Waals surface area contributed by atoms with E-state index in [1.807, 2.05) is 36.5 Å². The van der Waals surface area contributed by atoms with Crippen LogP contribution < -0.4 is 19.7 Å². The topological polar surface area (TPSA) is 51.6 Å². The molecule has 3 aromatic rings. The molecule has 1 saturated heterocycles. The van der Waals surface area contributed by atoms with Crippen LogP contribution in [0.2, 0.25) is 0 Å². The van der Waals surface area contributed by atoms with Crippen LogP contribution in [0.5, 0.6) is 11.5 Å². The van der Waals surface area contributed by atoms with Gasteiger partial charge < -0.3 is 24.3 Å². The molecule has 6 nitrogen and oxygen atoms in total. The molecule has 1 saturated carbocycles. The van der Waals surface area contributed by atoms with Crippen LogP contribution >= 0.6 is 12.2 Å². The number of thiocarbonyl (C=S) groups is 1. The molecule has 2 aromatic heterocycles. The molecular formula is C25H28N4O2S. The first-order chi connectivity index (χ1) is 15.7. The molecule has 7 heteroatoms. The summed E-state index contributed by atoms with van der Waals surface area (Å²) in [5.41, 5.74) is 3.07. The lowest BCUT2D eigenvalue weighted by Crippen LogP contribution is -2.31. The molecule has 0 radical (unpaired) electrons. The minimum atomic E-state index is -0.0883. The Morgan fingerprint density at radius 3 is 2.59 bits per heavy atom. The Morgan fingerprint density at radius 1 is 1.03 bits per heavy atom. The van der Waals surface area contributed by atoms with Crippen molar-refractivity contribution < 1.29 is 9.47 Å². The molecule has 0 spiro atoms. The molecule has 2 fully saturated rings. The fourth-order valence-corrected chi connectivity index (χ4v) is 5.41. The van der Waals surface area contributed by atoms with Gasteiger partial charge in [0.1, 0.15) is 17.5 Å². The first-order valence-electron chi connectivity index (χ1n) is 11.1. The third-order valence-corrected chi connectivity index (χ3v) is 6.89. The molecule has 2 atom stereocenters. The molecule has 166 valence electrons. The smallest absolute Gasteiger partial charge is 0.174 e. The maximum atomic E-state index is 5.90. The summed E-state index contributed by atoms with van der Waals surface area (Å²) in [6.45, 7) is 0. The number of nitrogens with one attached hydrogen (secondary N) is 1. The van der Waals surface area contributed by atoms with Crippen molar-refractivity contribution in [1.82, 2.24) is 14.9 Å². The number of benzene rings is 1. The van der Waals surface area contributed by atoms with E-state index >= 15 is 0 Å². The molecule has 1 aromatic carbocycles. The Balaban J connectivity index is 1.66. The summed E-state index contributed by atoms with van der Waals surface area (Å²) in [5, 5.41) is 4.20. The van der Waals surface area contributed by atoms with Gasteiger partial charge >= 0.3 is 0 Å². The second-order valence-electron chi connectivity index (χ2n) is 8.31. The van der Waals surface area contributed by atoms with E-state index in [0.29, 0.717) is 11.2 Å². The molecular weight excluding hydrogens is 420 g/mol. The van der Waals surface area contributed by atoms with Crippen molar-refractivity contribution in [3.63, 3.8) is 0 Å². The number of hydrogen-bond donors (Lipinski definition) is 1. The minimum Gasteiger partial charge on any atom is -0.497 e. The number of aromatic nitrogens is 2. The number of hydrogen-bond acceptors (Lipinski definition) is 4. The predicted molar refractivity (Wildman–Crippen MR) is 129 cm³/mol. The Hall–Kier alpha value is -3.06. The predicted octanol–water partition coefficient (Wildman–Crippen LogP) is 5.19. The summed E-state index contributed by atoms with van der Waals surface area (Å²) in [6, 6.07) is 16.6. The quantitative estimate of drug-likeness (QED) is 0.524. The van der Waals surface area contributed by atoms with E-state index in [1.54, 1.807) is 14.2 Å². The highest BCUT2D eigenvalue weighted by molar-refractivity contribution is 7.80. The van der Waals surface area contributed by atoms with Gasteiger partial charge in [-0.05, 0) is 61.5 Å². The molecule has 5 rings (SSSR count). The van der Waals surface area contributed by atoms with Crippen LogP contribution in [0, 0.1) is 0 Å². The van der Waals surface area contributed by atoms with Crippen molar-refractivity contribution in [1.29, 1.82) is 0 Å². The van der Waals surface area contributed by atoms with Crippen molar-refractivity contribution in [2.24, 2.45) is 0 Å². The fourth-order valence-electron chi connectivity index (χ4n) is 5.07. The third-order valence-electron chi connectivity index (χ3n) is 6.58. The average molecular weight is 449 g/mol. The number of methoxy groups -OCH3 is 2. The average Bonchev–Trinajstić information content (AvgIpc) is 3.58. The Bertz CT molecular complexity index is 1090. The fraction of sp³-hybridized carbons (Fsp3) is 0.360. The lowest BCUT2D eigenvalue weighted by atomic mass is 10.00. The summed E-state index contributed by atoms with van der Waals surface area (Å²) in [6.07, 6.45) is 9.03. The highest BCUT2D eigenvalue weighted by Crippen LogP contribution is 2.46. The van der Waals surface area contributed by atoms with E-state index in [0.717, 1.165) is 22.9 Å². The summed E-state index contributed by atoms with van der Waals surface area (Å²) in [5.74, 6) is 1.51. The van der Waals surface area contributed by atoms with Crippen LogP contribution in [-0.4, -0.2) is 28.9 Å². The van der Waals surface area contributed by atoms with Gasteiger partial charge in [0.25, 0.3) is 0 Å². The monoisotopic (exact) mass is 448 g/mol. The van der Waals surface area contributed by atoms with Gasteiger partial charge in [-0.15, -0.1) is 0 Å². The first kappa shape index (κ1) is 20.8. The second kappa shape index (κ2) is 8.82. The summed E-state index contributed by atoms with van der Waals surface area (Å²) >= 11 is 5.90. The number of pyridine rings is 1. The van der Waals surface area contributed by atoms with Crippen molar-refractivity contribution in [2.75, 3.05) is 19.1 Å². The SMILES string of the molecule is COc1ccc(OC)c(N2C(=S)NC(c3ccccn3)C2c2cccn2C2CCCC2)c1. The Morgan fingerprint density at radius 2 is 1.88 bits per heavy atom. The summed E-state index contributed by atoms with van der Waals surface area (Å²) in [7, 11) is 3.36. The van der Waals surface area contributed by atoms with E-state index in [4.69, 9.17) is 21.7 Å².